The lowest BCUT2D eigenvalue weighted by molar-refractivity contribution is -0.101. The van der Waals surface area contributed by atoms with Crippen molar-refractivity contribution in [2.75, 3.05) is 20.3 Å². The Bertz CT molecular complexity index is 422. The predicted octanol–water partition coefficient (Wildman–Crippen LogP) is 1.06. The van der Waals surface area contributed by atoms with E-state index in [4.69, 9.17) is 19.7 Å². The molecule has 2 fully saturated rings. The maximum absolute atomic E-state index is 6.19. The fraction of sp³-hybridized carbons (Fsp3) is 0.833. The van der Waals surface area contributed by atoms with E-state index in [1.54, 1.807) is 7.11 Å². The Morgan fingerprint density at radius 2 is 1.94 bits per heavy atom. The maximum atomic E-state index is 6.19. The Hall–Kier alpha value is -0.980. The molecule has 3 rings (SSSR count). The van der Waals surface area contributed by atoms with Gasteiger partial charge in [-0.15, -0.1) is 0 Å². The molecule has 0 radical (unpaired) electrons. The van der Waals surface area contributed by atoms with E-state index in [-0.39, 0.29) is 0 Å². The Morgan fingerprint density at radius 3 is 2.50 bits per heavy atom. The molecule has 18 heavy (non-hydrogen) atoms. The first-order valence-corrected chi connectivity index (χ1v) is 6.45. The molecule has 0 aromatic carbocycles. The third-order valence-corrected chi connectivity index (χ3v) is 4.20. The molecule has 2 heterocycles. The van der Waals surface area contributed by atoms with Crippen molar-refractivity contribution < 1.29 is 14.0 Å². The zero-order chi connectivity index (χ0) is 12.6. The van der Waals surface area contributed by atoms with Gasteiger partial charge >= 0.3 is 0 Å². The number of rotatable bonds is 3. The monoisotopic (exact) mass is 253 g/mol. The molecular formula is C12H19N3O3. The number of aromatic nitrogens is 2. The van der Waals surface area contributed by atoms with Crippen LogP contribution in [-0.2, 0) is 20.6 Å². The van der Waals surface area contributed by atoms with E-state index in [9.17, 15) is 0 Å². The minimum Gasteiger partial charge on any atom is -0.381 e. The van der Waals surface area contributed by atoms with Gasteiger partial charge in [0.05, 0.1) is 5.54 Å². The summed E-state index contributed by atoms with van der Waals surface area (Å²) in [5.41, 5.74) is 5.31. The first-order valence-electron chi connectivity index (χ1n) is 6.45. The molecule has 1 saturated heterocycles. The summed E-state index contributed by atoms with van der Waals surface area (Å²) in [6.07, 6.45) is 4.45. The van der Waals surface area contributed by atoms with Gasteiger partial charge in [-0.3, -0.25) is 0 Å². The average molecular weight is 253 g/mol. The summed E-state index contributed by atoms with van der Waals surface area (Å²) < 4.78 is 16.3. The van der Waals surface area contributed by atoms with Gasteiger partial charge in [-0.2, -0.15) is 4.98 Å². The topological polar surface area (TPSA) is 83.4 Å². The van der Waals surface area contributed by atoms with Gasteiger partial charge in [0.15, 0.2) is 0 Å². The zero-order valence-corrected chi connectivity index (χ0v) is 10.6. The van der Waals surface area contributed by atoms with Crippen molar-refractivity contribution >= 4 is 0 Å². The summed E-state index contributed by atoms with van der Waals surface area (Å²) in [6.45, 7) is 1.32. The molecular weight excluding hydrogens is 234 g/mol. The molecule has 0 amide bonds. The van der Waals surface area contributed by atoms with Crippen LogP contribution >= 0.6 is 0 Å². The van der Waals surface area contributed by atoms with Crippen LogP contribution in [0.15, 0.2) is 4.52 Å². The normalized spacial score (nSPS) is 25.7. The molecule has 6 heteroatoms. The number of hydrogen-bond acceptors (Lipinski definition) is 6. The van der Waals surface area contributed by atoms with Crippen LogP contribution < -0.4 is 5.73 Å². The molecule has 6 nitrogen and oxygen atoms in total. The highest BCUT2D eigenvalue weighted by atomic mass is 16.5. The highest BCUT2D eigenvalue weighted by Gasteiger charge is 2.44. The lowest BCUT2D eigenvalue weighted by atomic mass is 9.77. The fourth-order valence-electron chi connectivity index (χ4n) is 2.60. The van der Waals surface area contributed by atoms with Gasteiger partial charge < -0.3 is 19.7 Å². The summed E-state index contributed by atoms with van der Waals surface area (Å²) in [6, 6.07) is 0. The Labute approximate surface area is 106 Å². The van der Waals surface area contributed by atoms with Crippen LogP contribution in [0.2, 0.25) is 0 Å². The van der Waals surface area contributed by atoms with E-state index >= 15 is 0 Å². The molecule has 2 N–H and O–H groups in total. The summed E-state index contributed by atoms with van der Waals surface area (Å²) in [5.74, 6) is 1.16. The molecule has 1 aliphatic carbocycles. The molecule has 1 saturated carbocycles. The van der Waals surface area contributed by atoms with Crippen LogP contribution in [0.3, 0.4) is 0 Å². The zero-order valence-electron chi connectivity index (χ0n) is 10.6. The van der Waals surface area contributed by atoms with Gasteiger partial charge in [0, 0.05) is 33.2 Å². The predicted molar refractivity (Wildman–Crippen MR) is 62.8 cm³/mol. The van der Waals surface area contributed by atoms with Crippen molar-refractivity contribution in [3.8, 4) is 0 Å². The van der Waals surface area contributed by atoms with Gasteiger partial charge in [0.2, 0.25) is 11.7 Å². The smallest absolute Gasteiger partial charge is 0.246 e. The summed E-state index contributed by atoms with van der Waals surface area (Å²) in [4.78, 5) is 4.49. The second-order valence-corrected chi connectivity index (χ2v) is 5.24. The number of ether oxygens (including phenoxy) is 2. The number of hydrogen-bond donors (Lipinski definition) is 1. The fourth-order valence-corrected chi connectivity index (χ4v) is 2.60. The number of nitrogens with zero attached hydrogens (tertiary/aromatic N) is 2. The van der Waals surface area contributed by atoms with Crippen molar-refractivity contribution in [3.63, 3.8) is 0 Å². The SMILES string of the molecule is COC1(c2noc(C3(N)CCC3)n2)CCOCC1. The highest BCUT2D eigenvalue weighted by Crippen LogP contribution is 2.40. The molecule has 0 unspecified atom stereocenters. The molecule has 1 aliphatic heterocycles. The van der Waals surface area contributed by atoms with Crippen LogP contribution in [0, 0.1) is 0 Å². The lowest BCUT2D eigenvalue weighted by Crippen LogP contribution is -2.44. The van der Waals surface area contributed by atoms with Gasteiger partial charge in [-0.25, -0.2) is 0 Å². The van der Waals surface area contributed by atoms with Crippen molar-refractivity contribution in [1.29, 1.82) is 0 Å². The van der Waals surface area contributed by atoms with Gasteiger partial charge in [-0.05, 0) is 19.3 Å². The summed E-state index contributed by atoms with van der Waals surface area (Å²) in [5, 5.41) is 4.08. The van der Waals surface area contributed by atoms with E-state index in [1.165, 1.54) is 0 Å². The van der Waals surface area contributed by atoms with Crippen LogP contribution in [0.5, 0.6) is 0 Å². The van der Waals surface area contributed by atoms with E-state index in [2.05, 4.69) is 10.1 Å². The summed E-state index contributed by atoms with van der Waals surface area (Å²) >= 11 is 0. The Balaban J connectivity index is 1.87. The minimum atomic E-state index is -0.472. The molecule has 100 valence electrons. The van der Waals surface area contributed by atoms with E-state index in [0.29, 0.717) is 24.9 Å². The Kier molecular flexibility index (Phi) is 2.88. The maximum Gasteiger partial charge on any atom is 0.246 e. The molecule has 0 atom stereocenters. The number of nitrogens with two attached hydrogens (primary N) is 1. The Morgan fingerprint density at radius 1 is 1.22 bits per heavy atom. The highest BCUT2D eigenvalue weighted by molar-refractivity contribution is 5.11. The molecule has 0 spiro atoms. The standard InChI is InChI=1S/C12H19N3O3/c1-16-12(5-7-17-8-6-12)9-14-10(18-15-9)11(13)3-2-4-11/h2-8,13H2,1H3. The van der Waals surface area contributed by atoms with Crippen LogP contribution in [0.25, 0.3) is 0 Å². The lowest BCUT2D eigenvalue weighted by Gasteiger charge is -2.34. The number of methoxy groups -OCH3 is 1. The second-order valence-electron chi connectivity index (χ2n) is 5.24. The third-order valence-electron chi connectivity index (χ3n) is 4.20. The second kappa shape index (κ2) is 4.29. The van der Waals surface area contributed by atoms with E-state index < -0.39 is 11.1 Å². The molecule has 2 aliphatic rings. The van der Waals surface area contributed by atoms with Gasteiger partial charge in [0.1, 0.15) is 5.60 Å². The first kappa shape index (κ1) is 12.1. The molecule has 0 bridgehead atoms. The largest absolute Gasteiger partial charge is 0.381 e. The minimum absolute atomic E-state index is 0.411. The quantitative estimate of drug-likeness (QED) is 0.867. The van der Waals surface area contributed by atoms with Crippen LogP contribution in [0.1, 0.15) is 43.8 Å². The van der Waals surface area contributed by atoms with Crippen molar-refractivity contribution in [2.24, 2.45) is 5.73 Å². The van der Waals surface area contributed by atoms with Crippen LogP contribution in [-0.4, -0.2) is 30.5 Å². The van der Waals surface area contributed by atoms with E-state index in [1.807, 2.05) is 0 Å². The summed E-state index contributed by atoms with van der Waals surface area (Å²) in [7, 11) is 1.68. The molecule has 1 aromatic heterocycles. The van der Waals surface area contributed by atoms with Crippen molar-refractivity contribution in [1.82, 2.24) is 10.1 Å². The van der Waals surface area contributed by atoms with Gasteiger partial charge in [-0.1, -0.05) is 5.16 Å². The van der Waals surface area contributed by atoms with Gasteiger partial charge in [0.25, 0.3) is 0 Å². The van der Waals surface area contributed by atoms with Crippen LogP contribution in [0.4, 0.5) is 0 Å². The van der Waals surface area contributed by atoms with Crippen molar-refractivity contribution in [2.45, 2.75) is 43.2 Å². The molecule has 1 aromatic rings. The third kappa shape index (κ3) is 1.75. The van der Waals surface area contributed by atoms with E-state index in [0.717, 1.165) is 32.1 Å². The first-order chi connectivity index (χ1) is 8.69. The average Bonchev–Trinajstić information content (AvgIpc) is 2.87. The van der Waals surface area contributed by atoms with Crippen molar-refractivity contribution in [3.05, 3.63) is 11.7 Å².